The maximum absolute atomic E-state index is 5.49. The molecule has 0 spiro atoms. The number of thiophene rings is 1. The van der Waals surface area contributed by atoms with Crippen molar-refractivity contribution in [3.8, 4) is 28.5 Å². The van der Waals surface area contributed by atoms with Crippen LogP contribution in [0.25, 0.3) is 70.4 Å². The van der Waals surface area contributed by atoms with Crippen LogP contribution >= 0.6 is 11.3 Å². The van der Waals surface area contributed by atoms with E-state index in [1.54, 1.807) is 0 Å². The van der Waals surface area contributed by atoms with Gasteiger partial charge in [0.2, 0.25) is 0 Å². The van der Waals surface area contributed by atoms with Crippen LogP contribution in [0.4, 0.5) is 0 Å². The molecule has 3 nitrogen and oxygen atoms in total. The van der Waals surface area contributed by atoms with E-state index in [1.807, 2.05) is 11.3 Å². The minimum Gasteiger partial charge on any atom is -0.294 e. The summed E-state index contributed by atoms with van der Waals surface area (Å²) in [6.07, 6.45) is 0. The van der Waals surface area contributed by atoms with E-state index in [0.29, 0.717) is 5.82 Å². The Hall–Kier alpha value is -7.14. The number of fused-ring (bicyclic) bond motifs is 6. The monoisotopic (exact) mass is 745 g/mol. The zero-order chi connectivity index (χ0) is 37.8. The van der Waals surface area contributed by atoms with Crippen LogP contribution in [0.3, 0.4) is 0 Å². The maximum Gasteiger partial charge on any atom is 0.162 e. The minimum absolute atomic E-state index is 0.601. The number of hydrogen-bond acceptors (Lipinski definition) is 3. The first kappa shape index (κ1) is 33.2. The summed E-state index contributed by atoms with van der Waals surface area (Å²) in [7, 11) is 0. The van der Waals surface area contributed by atoms with Gasteiger partial charge >= 0.3 is 0 Å². The molecule has 11 rings (SSSR count). The third kappa shape index (κ3) is 5.33. The van der Waals surface area contributed by atoms with Gasteiger partial charge in [0, 0.05) is 48.1 Å². The summed E-state index contributed by atoms with van der Waals surface area (Å²) in [4.78, 5) is 11.0. The van der Waals surface area contributed by atoms with Crippen LogP contribution < -0.4 is 0 Å². The highest BCUT2D eigenvalue weighted by Crippen LogP contribution is 2.46. The molecule has 3 aromatic heterocycles. The number of benzene rings is 8. The smallest absolute Gasteiger partial charge is 0.162 e. The number of para-hydroxylation sites is 2. The first-order valence-electron chi connectivity index (χ1n) is 19.3. The summed E-state index contributed by atoms with van der Waals surface area (Å²) in [5.41, 5.74) is 9.27. The number of aromatic nitrogens is 3. The van der Waals surface area contributed by atoms with Gasteiger partial charge in [-0.1, -0.05) is 182 Å². The molecular weight excluding hydrogens is 711 g/mol. The van der Waals surface area contributed by atoms with Gasteiger partial charge in [-0.15, -0.1) is 11.3 Å². The molecule has 0 amide bonds. The molecule has 0 N–H and O–H groups in total. The van der Waals surface area contributed by atoms with Gasteiger partial charge in [-0.25, -0.2) is 9.97 Å². The largest absolute Gasteiger partial charge is 0.294 e. The molecule has 0 bridgehead atoms. The van der Waals surface area contributed by atoms with Crippen molar-refractivity contribution < 1.29 is 0 Å². The van der Waals surface area contributed by atoms with E-state index in [0.717, 1.165) is 39.2 Å². The summed E-state index contributed by atoms with van der Waals surface area (Å²) in [6, 6.07) is 76.1. The average molecular weight is 746 g/mol. The standard InChI is InChI=1S/C53H35N3S/c1-4-19-37(20-5-1)53(38-21-6-2-7-22-38,39-23-8-3-9-24-39)40-25-16-18-36(34-40)52-54-46(45-30-17-29-44-43-28-12-15-33-49(43)57-51(44)45)35-50(55-52)56-47-31-13-10-26-41(47)42-27-11-14-32-48(42)56/h1-35H. The second kappa shape index (κ2) is 13.6. The highest BCUT2D eigenvalue weighted by molar-refractivity contribution is 7.26. The van der Waals surface area contributed by atoms with Crippen LogP contribution in [-0.4, -0.2) is 14.5 Å². The Bertz CT molecular complexity index is 3090. The minimum atomic E-state index is -0.601. The van der Waals surface area contributed by atoms with Crippen LogP contribution in [0.5, 0.6) is 0 Å². The van der Waals surface area contributed by atoms with E-state index in [4.69, 9.17) is 9.97 Å². The van der Waals surface area contributed by atoms with Crippen LogP contribution in [0.1, 0.15) is 22.3 Å². The van der Waals surface area contributed by atoms with Crippen LogP contribution in [-0.2, 0) is 5.41 Å². The summed E-state index contributed by atoms with van der Waals surface area (Å²) in [5.74, 6) is 1.50. The third-order valence-electron chi connectivity index (χ3n) is 11.4. The van der Waals surface area contributed by atoms with Crippen molar-refractivity contribution in [2.75, 3.05) is 0 Å². The van der Waals surface area contributed by atoms with Gasteiger partial charge < -0.3 is 0 Å². The second-order valence-corrected chi connectivity index (χ2v) is 15.6. The number of hydrogen-bond donors (Lipinski definition) is 0. The van der Waals surface area contributed by atoms with E-state index in [-0.39, 0.29) is 0 Å². The van der Waals surface area contributed by atoms with Gasteiger partial charge in [0.15, 0.2) is 5.82 Å². The predicted molar refractivity (Wildman–Crippen MR) is 238 cm³/mol. The molecule has 0 unspecified atom stereocenters. The fourth-order valence-corrected chi connectivity index (χ4v) is 10.1. The first-order valence-corrected chi connectivity index (χ1v) is 20.1. The van der Waals surface area contributed by atoms with Crippen molar-refractivity contribution in [3.63, 3.8) is 0 Å². The van der Waals surface area contributed by atoms with Gasteiger partial charge in [-0.3, -0.25) is 4.57 Å². The molecule has 0 aliphatic carbocycles. The van der Waals surface area contributed by atoms with Crippen LogP contribution in [0.2, 0.25) is 0 Å². The van der Waals surface area contributed by atoms with Crippen molar-refractivity contribution in [1.82, 2.24) is 14.5 Å². The van der Waals surface area contributed by atoms with E-state index in [9.17, 15) is 0 Å². The Kier molecular flexibility index (Phi) is 7.90. The molecule has 3 heterocycles. The predicted octanol–water partition coefficient (Wildman–Crippen LogP) is 13.7. The average Bonchev–Trinajstić information content (AvgIpc) is 3.84. The van der Waals surface area contributed by atoms with Gasteiger partial charge in [-0.2, -0.15) is 0 Å². The zero-order valence-electron chi connectivity index (χ0n) is 31.0. The molecular formula is C53H35N3S. The zero-order valence-corrected chi connectivity index (χ0v) is 31.8. The molecule has 11 aromatic rings. The van der Waals surface area contributed by atoms with E-state index in [2.05, 4.69) is 217 Å². The van der Waals surface area contributed by atoms with Crippen molar-refractivity contribution in [1.29, 1.82) is 0 Å². The summed E-state index contributed by atoms with van der Waals surface area (Å²) >= 11 is 1.82. The molecule has 0 radical (unpaired) electrons. The summed E-state index contributed by atoms with van der Waals surface area (Å²) in [6.45, 7) is 0. The molecule has 0 atom stereocenters. The quantitative estimate of drug-likeness (QED) is 0.152. The molecule has 0 aliphatic rings. The van der Waals surface area contributed by atoms with Crippen molar-refractivity contribution >= 4 is 53.3 Å². The normalized spacial score (nSPS) is 11.9. The maximum atomic E-state index is 5.49. The van der Waals surface area contributed by atoms with E-state index >= 15 is 0 Å². The Balaban J connectivity index is 1.20. The van der Waals surface area contributed by atoms with E-state index in [1.165, 1.54) is 47.6 Å². The van der Waals surface area contributed by atoms with Gasteiger partial charge in [0.1, 0.15) is 5.82 Å². The van der Waals surface area contributed by atoms with Crippen LogP contribution in [0, 0.1) is 0 Å². The van der Waals surface area contributed by atoms with E-state index < -0.39 is 5.41 Å². The Labute approximate surface area is 334 Å². The molecule has 0 fully saturated rings. The Morgan fingerprint density at radius 2 is 0.912 bits per heavy atom. The highest BCUT2D eigenvalue weighted by Gasteiger charge is 2.38. The highest BCUT2D eigenvalue weighted by atomic mass is 32.1. The molecule has 0 saturated heterocycles. The molecule has 4 heteroatoms. The van der Waals surface area contributed by atoms with Crippen molar-refractivity contribution in [2.24, 2.45) is 0 Å². The second-order valence-electron chi connectivity index (χ2n) is 14.5. The SMILES string of the molecule is c1ccc(C(c2ccccc2)(c2ccccc2)c2cccc(-c3nc(-c4cccc5c4sc4ccccc45)cc(-n4c5ccccc5c5ccccc54)n3)c2)cc1. The van der Waals surface area contributed by atoms with Crippen LogP contribution in [0.15, 0.2) is 212 Å². The lowest BCUT2D eigenvalue weighted by Gasteiger charge is -2.37. The fraction of sp³-hybridized carbons (Fsp3) is 0.0189. The Morgan fingerprint density at radius 3 is 1.54 bits per heavy atom. The molecule has 0 aliphatic heterocycles. The summed E-state index contributed by atoms with van der Waals surface area (Å²) < 4.78 is 4.79. The van der Waals surface area contributed by atoms with Crippen molar-refractivity contribution in [3.05, 3.63) is 235 Å². The molecule has 57 heavy (non-hydrogen) atoms. The third-order valence-corrected chi connectivity index (χ3v) is 12.6. The fourth-order valence-electron chi connectivity index (χ4n) is 8.89. The summed E-state index contributed by atoms with van der Waals surface area (Å²) in [5, 5.41) is 4.90. The lowest BCUT2D eigenvalue weighted by molar-refractivity contribution is 0.745. The first-order chi connectivity index (χ1) is 28.3. The van der Waals surface area contributed by atoms with Gasteiger partial charge in [-0.05, 0) is 46.5 Å². The number of nitrogens with zero attached hydrogens (tertiary/aromatic N) is 3. The Morgan fingerprint density at radius 1 is 0.404 bits per heavy atom. The topological polar surface area (TPSA) is 30.7 Å². The van der Waals surface area contributed by atoms with Gasteiger partial charge in [0.25, 0.3) is 0 Å². The molecule has 8 aromatic carbocycles. The number of rotatable bonds is 7. The van der Waals surface area contributed by atoms with Crippen molar-refractivity contribution in [2.45, 2.75) is 5.41 Å². The molecule has 0 saturated carbocycles. The molecule has 268 valence electrons. The lowest BCUT2D eigenvalue weighted by atomic mass is 9.65. The lowest BCUT2D eigenvalue weighted by Crippen LogP contribution is -2.31. The van der Waals surface area contributed by atoms with Gasteiger partial charge in [0.05, 0.1) is 22.1 Å².